The quantitative estimate of drug-likeness (QED) is 0.778. The first-order valence-corrected chi connectivity index (χ1v) is 4.87. The van der Waals surface area contributed by atoms with Crippen LogP contribution in [0.1, 0.15) is 13.8 Å². The second kappa shape index (κ2) is 8.38. The standard InChI is InChI=1S/C9H13NO.C2H7N/c1-3-10-8-6-4-5-7-9(8)11-2;1-2-3/h4-7,10H,3H2,1-2H3;2-3H2,1H3. The Morgan fingerprint density at radius 3 is 2.36 bits per heavy atom. The average Bonchev–Trinajstić information content (AvgIpc) is 2.20. The largest absolute Gasteiger partial charge is 0.495 e. The predicted octanol–water partition coefficient (Wildman–Crippen LogP) is 2.09. The van der Waals surface area contributed by atoms with E-state index in [0.29, 0.717) is 0 Å². The molecule has 0 radical (unpaired) electrons. The van der Waals surface area contributed by atoms with Gasteiger partial charge < -0.3 is 15.8 Å². The number of anilines is 1. The molecule has 0 saturated carbocycles. The van der Waals surface area contributed by atoms with E-state index in [4.69, 9.17) is 10.5 Å². The molecule has 0 atom stereocenters. The zero-order valence-electron chi connectivity index (χ0n) is 9.21. The van der Waals surface area contributed by atoms with Crippen molar-refractivity contribution in [2.75, 3.05) is 25.5 Å². The van der Waals surface area contributed by atoms with Crippen LogP contribution in [0.2, 0.25) is 0 Å². The first-order valence-electron chi connectivity index (χ1n) is 4.87. The molecule has 0 amide bonds. The minimum Gasteiger partial charge on any atom is -0.495 e. The lowest BCUT2D eigenvalue weighted by atomic mass is 10.3. The van der Waals surface area contributed by atoms with Gasteiger partial charge in [0.15, 0.2) is 0 Å². The number of para-hydroxylation sites is 2. The first kappa shape index (κ1) is 12.8. The van der Waals surface area contributed by atoms with Gasteiger partial charge in [-0.2, -0.15) is 0 Å². The van der Waals surface area contributed by atoms with Crippen molar-refractivity contribution in [3.05, 3.63) is 24.3 Å². The van der Waals surface area contributed by atoms with Crippen molar-refractivity contribution in [2.24, 2.45) is 5.73 Å². The van der Waals surface area contributed by atoms with Gasteiger partial charge in [-0.15, -0.1) is 0 Å². The molecule has 80 valence electrons. The van der Waals surface area contributed by atoms with Crippen LogP contribution in [0.5, 0.6) is 5.75 Å². The minimum atomic E-state index is 0.750. The molecule has 3 heteroatoms. The summed E-state index contributed by atoms with van der Waals surface area (Å²) in [5.41, 5.74) is 5.90. The third kappa shape index (κ3) is 4.72. The number of rotatable bonds is 3. The smallest absolute Gasteiger partial charge is 0.141 e. The number of nitrogens with two attached hydrogens (primary N) is 1. The Kier molecular flexibility index (Phi) is 7.65. The van der Waals surface area contributed by atoms with Crippen LogP contribution in [-0.4, -0.2) is 20.2 Å². The summed E-state index contributed by atoms with van der Waals surface area (Å²) >= 11 is 0. The van der Waals surface area contributed by atoms with Gasteiger partial charge in [-0.1, -0.05) is 19.1 Å². The van der Waals surface area contributed by atoms with Crippen LogP contribution in [0.3, 0.4) is 0 Å². The normalized spacial score (nSPS) is 8.57. The second-order valence-electron chi connectivity index (χ2n) is 2.64. The Morgan fingerprint density at radius 1 is 1.29 bits per heavy atom. The second-order valence-corrected chi connectivity index (χ2v) is 2.64. The maximum atomic E-state index is 5.14. The van der Waals surface area contributed by atoms with Crippen molar-refractivity contribution < 1.29 is 4.74 Å². The van der Waals surface area contributed by atoms with Gasteiger partial charge >= 0.3 is 0 Å². The van der Waals surface area contributed by atoms with Crippen LogP contribution in [0, 0.1) is 0 Å². The molecule has 3 N–H and O–H groups in total. The van der Waals surface area contributed by atoms with Crippen molar-refractivity contribution in [1.29, 1.82) is 0 Å². The predicted molar refractivity (Wildman–Crippen MR) is 61.9 cm³/mol. The first-order chi connectivity index (χ1) is 6.79. The van der Waals surface area contributed by atoms with Crippen molar-refractivity contribution in [3.63, 3.8) is 0 Å². The lowest BCUT2D eigenvalue weighted by Crippen LogP contribution is -1.98. The Bertz CT molecular complexity index is 238. The van der Waals surface area contributed by atoms with Crippen LogP contribution < -0.4 is 15.8 Å². The maximum Gasteiger partial charge on any atom is 0.141 e. The van der Waals surface area contributed by atoms with Crippen molar-refractivity contribution in [3.8, 4) is 5.75 Å². The third-order valence-corrected chi connectivity index (χ3v) is 1.47. The molecule has 0 bridgehead atoms. The van der Waals surface area contributed by atoms with Crippen LogP contribution in [0.4, 0.5) is 5.69 Å². The summed E-state index contributed by atoms with van der Waals surface area (Å²) in [6, 6.07) is 7.89. The molecular formula is C11H20N2O. The van der Waals surface area contributed by atoms with E-state index in [-0.39, 0.29) is 0 Å². The zero-order chi connectivity index (χ0) is 10.8. The Hall–Kier alpha value is -1.22. The van der Waals surface area contributed by atoms with Crippen LogP contribution >= 0.6 is 0 Å². The Balaban J connectivity index is 0.000000500. The molecule has 1 rings (SSSR count). The van der Waals surface area contributed by atoms with Gasteiger partial charge in [-0.05, 0) is 25.6 Å². The fraction of sp³-hybridized carbons (Fsp3) is 0.455. The van der Waals surface area contributed by atoms with Crippen LogP contribution in [-0.2, 0) is 0 Å². The highest BCUT2D eigenvalue weighted by Gasteiger charge is 1.96. The minimum absolute atomic E-state index is 0.750. The highest BCUT2D eigenvalue weighted by atomic mass is 16.5. The van der Waals surface area contributed by atoms with Gasteiger partial charge in [0.1, 0.15) is 5.75 Å². The van der Waals surface area contributed by atoms with E-state index >= 15 is 0 Å². The molecular weight excluding hydrogens is 176 g/mol. The van der Waals surface area contributed by atoms with Crippen molar-refractivity contribution >= 4 is 5.69 Å². The molecule has 0 aromatic heterocycles. The topological polar surface area (TPSA) is 47.3 Å². The highest BCUT2D eigenvalue weighted by molar-refractivity contribution is 5.55. The SMILES string of the molecule is CCN.CCNc1ccccc1OC. The summed E-state index contributed by atoms with van der Waals surface area (Å²) in [4.78, 5) is 0. The zero-order valence-corrected chi connectivity index (χ0v) is 9.21. The number of benzene rings is 1. The number of methoxy groups -OCH3 is 1. The van der Waals surface area contributed by atoms with Crippen LogP contribution in [0.25, 0.3) is 0 Å². The molecule has 3 nitrogen and oxygen atoms in total. The summed E-state index contributed by atoms with van der Waals surface area (Å²) in [6.45, 7) is 5.63. The molecule has 0 unspecified atom stereocenters. The summed E-state index contributed by atoms with van der Waals surface area (Å²) < 4.78 is 5.14. The molecule has 0 aliphatic heterocycles. The number of ether oxygens (including phenoxy) is 1. The molecule has 0 aliphatic rings. The van der Waals surface area contributed by atoms with Gasteiger partial charge in [-0.25, -0.2) is 0 Å². The van der Waals surface area contributed by atoms with Gasteiger partial charge in [0.25, 0.3) is 0 Å². The van der Waals surface area contributed by atoms with Gasteiger partial charge in [0, 0.05) is 6.54 Å². The molecule has 14 heavy (non-hydrogen) atoms. The fourth-order valence-electron chi connectivity index (χ4n) is 0.981. The van der Waals surface area contributed by atoms with Gasteiger partial charge in [-0.3, -0.25) is 0 Å². The van der Waals surface area contributed by atoms with Crippen molar-refractivity contribution in [2.45, 2.75) is 13.8 Å². The molecule has 0 spiro atoms. The number of nitrogens with one attached hydrogen (secondary N) is 1. The van der Waals surface area contributed by atoms with E-state index in [1.807, 2.05) is 31.2 Å². The Labute approximate surface area is 86.3 Å². The number of hydrogen-bond acceptors (Lipinski definition) is 3. The van der Waals surface area contributed by atoms with Crippen molar-refractivity contribution in [1.82, 2.24) is 0 Å². The molecule has 1 aromatic carbocycles. The van der Waals surface area contributed by atoms with E-state index in [9.17, 15) is 0 Å². The molecule has 0 saturated heterocycles. The van der Waals surface area contributed by atoms with Crippen LogP contribution in [0.15, 0.2) is 24.3 Å². The Morgan fingerprint density at radius 2 is 1.86 bits per heavy atom. The summed E-state index contributed by atoms with van der Waals surface area (Å²) in [5, 5.41) is 3.20. The average molecular weight is 196 g/mol. The molecule has 0 heterocycles. The molecule has 1 aromatic rings. The third-order valence-electron chi connectivity index (χ3n) is 1.47. The summed E-state index contributed by atoms with van der Waals surface area (Å²) in [5.74, 6) is 0.898. The van der Waals surface area contributed by atoms with Gasteiger partial charge in [0.2, 0.25) is 0 Å². The van der Waals surface area contributed by atoms with E-state index in [1.165, 1.54) is 0 Å². The summed E-state index contributed by atoms with van der Waals surface area (Å²) in [6.07, 6.45) is 0. The van der Waals surface area contributed by atoms with Gasteiger partial charge in [0.05, 0.1) is 12.8 Å². The lowest BCUT2D eigenvalue weighted by molar-refractivity contribution is 0.416. The molecule has 0 fully saturated rings. The molecule has 0 aliphatic carbocycles. The summed E-state index contributed by atoms with van der Waals surface area (Å²) in [7, 11) is 1.68. The van der Waals surface area contributed by atoms with E-state index in [0.717, 1.165) is 24.5 Å². The van der Waals surface area contributed by atoms with E-state index in [2.05, 4.69) is 12.2 Å². The number of hydrogen-bond donors (Lipinski definition) is 2. The lowest BCUT2D eigenvalue weighted by Gasteiger charge is -2.07. The monoisotopic (exact) mass is 196 g/mol. The maximum absolute atomic E-state index is 5.14. The fourth-order valence-corrected chi connectivity index (χ4v) is 0.981. The van der Waals surface area contributed by atoms with E-state index < -0.39 is 0 Å². The van der Waals surface area contributed by atoms with E-state index in [1.54, 1.807) is 7.11 Å². The highest BCUT2D eigenvalue weighted by Crippen LogP contribution is 2.22.